The quantitative estimate of drug-likeness (QED) is 0.855. The Morgan fingerprint density at radius 1 is 1.29 bits per heavy atom. The number of anilines is 1. The largest absolute Gasteiger partial charge is 0.310 e. The first-order valence-corrected chi connectivity index (χ1v) is 10.2. The minimum atomic E-state index is -0.420. The second kappa shape index (κ2) is 8.07. The molecule has 1 aliphatic rings. The molecule has 1 saturated heterocycles. The maximum atomic E-state index is 12.3. The van der Waals surface area contributed by atoms with Crippen LogP contribution in [0.1, 0.15) is 58.0 Å². The van der Waals surface area contributed by atoms with Crippen molar-refractivity contribution < 1.29 is 4.79 Å². The highest BCUT2D eigenvalue weighted by Crippen LogP contribution is 2.27. The summed E-state index contributed by atoms with van der Waals surface area (Å²) in [5.41, 5.74) is 1.87. The van der Waals surface area contributed by atoms with Crippen LogP contribution < -0.4 is 5.32 Å². The zero-order valence-corrected chi connectivity index (χ0v) is 18.1. The van der Waals surface area contributed by atoms with Gasteiger partial charge in [-0.2, -0.15) is 10.2 Å². The average Bonchev–Trinajstić information content (AvgIpc) is 3.20. The molecule has 0 unspecified atom stereocenters. The Kier molecular flexibility index (Phi) is 5.93. The monoisotopic (exact) mass is 386 g/mol. The van der Waals surface area contributed by atoms with Crippen LogP contribution in [0.5, 0.6) is 0 Å². The third kappa shape index (κ3) is 4.63. The van der Waals surface area contributed by atoms with E-state index in [9.17, 15) is 4.79 Å². The van der Waals surface area contributed by atoms with E-state index in [1.807, 2.05) is 38.4 Å². The van der Waals surface area contributed by atoms with Gasteiger partial charge in [-0.1, -0.05) is 20.8 Å². The smallest absolute Gasteiger partial charge is 0.230 e. The van der Waals surface area contributed by atoms with Crippen molar-refractivity contribution in [3.8, 4) is 0 Å². The summed E-state index contributed by atoms with van der Waals surface area (Å²) in [5.74, 6) is 0.819. The lowest BCUT2D eigenvalue weighted by atomic mass is 9.96. The Balaban J connectivity index is 1.58. The molecule has 7 nitrogen and oxygen atoms in total. The molecule has 154 valence electrons. The minimum Gasteiger partial charge on any atom is -0.310 e. The van der Waals surface area contributed by atoms with Crippen molar-refractivity contribution in [2.24, 2.45) is 5.41 Å². The third-order valence-corrected chi connectivity index (χ3v) is 5.60. The number of hydrogen-bond acceptors (Lipinski definition) is 4. The van der Waals surface area contributed by atoms with Crippen molar-refractivity contribution in [1.82, 2.24) is 24.5 Å². The summed E-state index contributed by atoms with van der Waals surface area (Å²) >= 11 is 0. The summed E-state index contributed by atoms with van der Waals surface area (Å²) in [6.07, 6.45) is 3.83. The molecule has 1 atom stereocenters. The van der Waals surface area contributed by atoms with Gasteiger partial charge in [0.15, 0.2) is 0 Å². The van der Waals surface area contributed by atoms with E-state index in [1.165, 1.54) is 5.69 Å². The van der Waals surface area contributed by atoms with E-state index in [4.69, 9.17) is 0 Å². The number of hydrogen-bond donors (Lipinski definition) is 1. The molecule has 1 aliphatic heterocycles. The highest BCUT2D eigenvalue weighted by atomic mass is 16.2. The van der Waals surface area contributed by atoms with Gasteiger partial charge in [0.25, 0.3) is 0 Å². The van der Waals surface area contributed by atoms with Crippen LogP contribution in [0.25, 0.3) is 0 Å². The first kappa shape index (κ1) is 20.6. The summed E-state index contributed by atoms with van der Waals surface area (Å²) in [4.78, 5) is 14.9. The summed E-state index contributed by atoms with van der Waals surface area (Å²) in [5, 5.41) is 12.1. The number of amides is 1. The molecule has 7 heteroatoms. The first-order valence-electron chi connectivity index (χ1n) is 10.2. The van der Waals surface area contributed by atoms with E-state index >= 15 is 0 Å². The van der Waals surface area contributed by atoms with Crippen molar-refractivity contribution in [1.29, 1.82) is 0 Å². The van der Waals surface area contributed by atoms with Crippen LogP contribution in [0.2, 0.25) is 0 Å². The number of aryl methyl sites for hydroxylation is 2. The molecule has 28 heavy (non-hydrogen) atoms. The summed E-state index contributed by atoms with van der Waals surface area (Å²) in [6.45, 7) is 15.2. The minimum absolute atomic E-state index is 0.0187. The van der Waals surface area contributed by atoms with Crippen molar-refractivity contribution in [2.75, 3.05) is 18.4 Å². The number of likely N-dealkylation sites (tertiary alicyclic amines) is 1. The van der Waals surface area contributed by atoms with E-state index < -0.39 is 5.41 Å². The van der Waals surface area contributed by atoms with Gasteiger partial charge in [-0.3, -0.25) is 14.4 Å². The Labute approximate surface area is 168 Å². The molecule has 1 N–H and O–H groups in total. The molecular weight excluding hydrogens is 352 g/mol. The zero-order chi connectivity index (χ0) is 20.5. The first-order chi connectivity index (χ1) is 13.1. The molecule has 1 amide bonds. The van der Waals surface area contributed by atoms with Gasteiger partial charge < -0.3 is 5.32 Å². The molecule has 3 heterocycles. The maximum absolute atomic E-state index is 12.3. The highest BCUT2D eigenvalue weighted by molar-refractivity contribution is 5.93. The standard InChI is InChI=1S/C21H34N6O/c1-15-13-16(2)26(24-15)14-17(3)25-11-8-18(9-12-25)27-19(7-10-22-27)23-20(28)21(4,5)6/h7,10,13,17-18H,8-9,11-12,14H2,1-6H3,(H,23,28)/t17-/m1/s1. The van der Waals surface area contributed by atoms with Gasteiger partial charge in [-0.05, 0) is 39.7 Å². The van der Waals surface area contributed by atoms with Crippen molar-refractivity contribution >= 4 is 11.7 Å². The van der Waals surface area contributed by atoms with Crippen LogP contribution in [0.3, 0.4) is 0 Å². The van der Waals surface area contributed by atoms with Crippen molar-refractivity contribution in [2.45, 2.75) is 73.0 Å². The van der Waals surface area contributed by atoms with Gasteiger partial charge in [0.2, 0.25) is 5.91 Å². The van der Waals surface area contributed by atoms with Crippen LogP contribution >= 0.6 is 0 Å². The average molecular weight is 387 g/mol. The Morgan fingerprint density at radius 2 is 1.96 bits per heavy atom. The van der Waals surface area contributed by atoms with Crippen LogP contribution in [0, 0.1) is 19.3 Å². The van der Waals surface area contributed by atoms with E-state index in [2.05, 4.69) is 45.0 Å². The molecule has 2 aromatic rings. The third-order valence-electron chi connectivity index (χ3n) is 5.60. The van der Waals surface area contributed by atoms with Crippen molar-refractivity contribution in [3.63, 3.8) is 0 Å². The van der Waals surface area contributed by atoms with Gasteiger partial charge in [0.1, 0.15) is 5.82 Å². The number of nitrogens with zero attached hydrogens (tertiary/aromatic N) is 5. The fourth-order valence-corrected chi connectivity index (χ4v) is 3.80. The van der Waals surface area contributed by atoms with Gasteiger partial charge in [-0.15, -0.1) is 0 Å². The number of carbonyl (C=O) groups excluding carboxylic acids is 1. The molecule has 0 saturated carbocycles. The number of nitrogens with one attached hydrogen (secondary N) is 1. The van der Waals surface area contributed by atoms with Gasteiger partial charge in [0.05, 0.1) is 24.5 Å². The predicted octanol–water partition coefficient (Wildman–Crippen LogP) is 3.41. The zero-order valence-electron chi connectivity index (χ0n) is 18.1. The molecule has 0 spiro atoms. The highest BCUT2D eigenvalue weighted by Gasteiger charge is 2.27. The number of carbonyl (C=O) groups is 1. The second-order valence-electron chi connectivity index (χ2n) is 9.09. The summed E-state index contributed by atoms with van der Waals surface area (Å²) in [7, 11) is 0. The number of rotatable bonds is 5. The number of piperidine rings is 1. The van der Waals surface area contributed by atoms with Crippen LogP contribution in [0.15, 0.2) is 18.3 Å². The fourth-order valence-electron chi connectivity index (χ4n) is 3.80. The van der Waals surface area contributed by atoms with E-state index in [1.54, 1.807) is 6.20 Å². The van der Waals surface area contributed by atoms with Crippen molar-refractivity contribution in [3.05, 3.63) is 29.7 Å². The Hall–Kier alpha value is -2.15. The molecule has 2 aromatic heterocycles. The maximum Gasteiger partial charge on any atom is 0.230 e. The molecule has 0 aliphatic carbocycles. The van der Waals surface area contributed by atoms with Crippen LogP contribution in [0.4, 0.5) is 5.82 Å². The Morgan fingerprint density at radius 3 is 2.54 bits per heavy atom. The molecule has 1 fully saturated rings. The molecule has 0 aromatic carbocycles. The van der Waals surface area contributed by atoms with E-state index in [0.717, 1.165) is 44.0 Å². The van der Waals surface area contributed by atoms with Crippen LogP contribution in [-0.2, 0) is 11.3 Å². The lowest BCUT2D eigenvalue weighted by Gasteiger charge is -2.36. The fraction of sp³-hybridized carbons (Fsp3) is 0.667. The predicted molar refractivity (Wildman–Crippen MR) is 111 cm³/mol. The van der Waals surface area contributed by atoms with Gasteiger partial charge >= 0.3 is 0 Å². The normalized spacial score (nSPS) is 17.6. The van der Waals surface area contributed by atoms with E-state index in [0.29, 0.717) is 12.1 Å². The molecule has 3 rings (SSSR count). The van der Waals surface area contributed by atoms with E-state index in [-0.39, 0.29) is 5.91 Å². The summed E-state index contributed by atoms with van der Waals surface area (Å²) in [6, 6.07) is 4.78. The Bertz CT molecular complexity index is 807. The van der Waals surface area contributed by atoms with Gasteiger partial charge in [-0.25, -0.2) is 4.68 Å². The van der Waals surface area contributed by atoms with Gasteiger partial charge in [0, 0.05) is 36.3 Å². The molecular formula is C21H34N6O. The lowest BCUT2D eigenvalue weighted by molar-refractivity contribution is -0.123. The molecule has 0 bridgehead atoms. The topological polar surface area (TPSA) is 68.0 Å². The lowest BCUT2D eigenvalue weighted by Crippen LogP contribution is -2.43. The van der Waals surface area contributed by atoms with Crippen LogP contribution in [-0.4, -0.2) is 49.5 Å². The second-order valence-corrected chi connectivity index (χ2v) is 9.09. The summed E-state index contributed by atoms with van der Waals surface area (Å²) < 4.78 is 4.10. The molecule has 0 radical (unpaired) electrons. The number of aromatic nitrogens is 4. The SMILES string of the molecule is Cc1cc(C)n(C[C@@H](C)N2CCC(n3nccc3NC(=O)C(C)(C)C)CC2)n1.